The minimum absolute atomic E-state index is 0.181. The van der Waals surface area contributed by atoms with Crippen molar-refractivity contribution in [3.8, 4) is 17.2 Å². The van der Waals surface area contributed by atoms with Crippen LogP contribution in [0.4, 0.5) is 0 Å². The Morgan fingerprint density at radius 3 is 2.35 bits per heavy atom. The number of aliphatic hydroxyl groups is 2. The fourth-order valence-electron chi connectivity index (χ4n) is 3.55. The fourth-order valence-corrected chi connectivity index (χ4v) is 3.55. The van der Waals surface area contributed by atoms with E-state index >= 15 is 0 Å². The van der Waals surface area contributed by atoms with Gasteiger partial charge in [0.05, 0.1) is 33.5 Å². The van der Waals surface area contributed by atoms with Crippen molar-refractivity contribution in [3.05, 3.63) is 17.2 Å². The first-order chi connectivity index (χ1) is 12.5. The van der Waals surface area contributed by atoms with E-state index in [-0.39, 0.29) is 23.7 Å². The molecule has 2 aliphatic rings. The van der Waals surface area contributed by atoms with Gasteiger partial charge in [-0.25, -0.2) is 4.79 Å². The van der Waals surface area contributed by atoms with Gasteiger partial charge in [-0.2, -0.15) is 0 Å². The van der Waals surface area contributed by atoms with Crippen molar-refractivity contribution in [2.45, 2.75) is 30.5 Å². The summed E-state index contributed by atoms with van der Waals surface area (Å²) in [6, 6.07) is 1.47. The number of carbonyl (C=O) groups is 1. The number of fused-ring (bicyclic) bond motifs is 3. The van der Waals surface area contributed by atoms with Crippen LogP contribution in [-0.4, -0.2) is 75.6 Å². The van der Waals surface area contributed by atoms with Crippen LogP contribution in [-0.2, 0) is 14.2 Å². The minimum Gasteiger partial charge on any atom is -0.493 e. The topological polar surface area (TPSA) is 113 Å². The van der Waals surface area contributed by atoms with Crippen LogP contribution in [0, 0.1) is 0 Å². The number of carbonyl (C=O) groups excluding carboxylic acids is 1. The van der Waals surface area contributed by atoms with E-state index in [2.05, 4.69) is 0 Å². The smallest absolute Gasteiger partial charge is 0.339 e. The van der Waals surface area contributed by atoms with Crippen LogP contribution >= 0.6 is 0 Å². The van der Waals surface area contributed by atoms with Crippen LogP contribution in [0.3, 0.4) is 0 Å². The highest BCUT2D eigenvalue weighted by atomic mass is 16.6. The molecular formula is C17H22O9. The van der Waals surface area contributed by atoms with Crippen molar-refractivity contribution < 1.29 is 43.4 Å². The number of hydrogen-bond acceptors (Lipinski definition) is 9. The summed E-state index contributed by atoms with van der Waals surface area (Å²) in [7, 11) is 5.69. The highest BCUT2D eigenvalue weighted by Gasteiger charge is 2.52. The molecule has 9 heteroatoms. The second-order valence-corrected chi connectivity index (χ2v) is 5.95. The summed E-state index contributed by atoms with van der Waals surface area (Å²) in [5.41, 5.74) is 0.555. The molecule has 2 aliphatic heterocycles. The van der Waals surface area contributed by atoms with Crippen LogP contribution in [0.1, 0.15) is 22.0 Å². The third-order valence-electron chi connectivity index (χ3n) is 4.73. The highest BCUT2D eigenvalue weighted by molar-refractivity contribution is 5.95. The normalized spacial score (nSPS) is 30.1. The van der Waals surface area contributed by atoms with Crippen molar-refractivity contribution in [3.63, 3.8) is 0 Å². The molecule has 9 nitrogen and oxygen atoms in total. The Morgan fingerprint density at radius 2 is 1.81 bits per heavy atom. The lowest BCUT2D eigenvalue weighted by Gasteiger charge is -2.45. The van der Waals surface area contributed by atoms with Crippen molar-refractivity contribution >= 4 is 5.97 Å². The van der Waals surface area contributed by atoms with Gasteiger partial charge < -0.3 is 38.6 Å². The largest absolute Gasteiger partial charge is 0.493 e. The SMILES string of the molecule is COc1cc2c(c(OC)c1OC)C1OC(CO)C(OC)C(O)C1OC2=O. The molecule has 3 rings (SSSR count). The van der Waals surface area contributed by atoms with Gasteiger partial charge in [-0.15, -0.1) is 0 Å². The van der Waals surface area contributed by atoms with Gasteiger partial charge in [0.2, 0.25) is 5.75 Å². The van der Waals surface area contributed by atoms with E-state index in [4.69, 9.17) is 28.4 Å². The summed E-state index contributed by atoms with van der Waals surface area (Å²) in [5, 5.41) is 20.2. The Bertz CT molecular complexity index is 689. The molecule has 2 N–H and O–H groups in total. The van der Waals surface area contributed by atoms with Crippen LogP contribution in [0.2, 0.25) is 0 Å². The number of esters is 1. The van der Waals surface area contributed by atoms with E-state index in [1.807, 2.05) is 0 Å². The maximum atomic E-state index is 12.5. The lowest BCUT2D eigenvalue weighted by molar-refractivity contribution is -0.241. The van der Waals surface area contributed by atoms with Crippen molar-refractivity contribution in [1.82, 2.24) is 0 Å². The molecule has 1 saturated heterocycles. The zero-order valence-corrected chi connectivity index (χ0v) is 14.9. The van der Waals surface area contributed by atoms with Crippen LogP contribution in [0.25, 0.3) is 0 Å². The fraction of sp³-hybridized carbons (Fsp3) is 0.588. The maximum absolute atomic E-state index is 12.5. The van der Waals surface area contributed by atoms with Gasteiger partial charge in [0.25, 0.3) is 0 Å². The first-order valence-corrected chi connectivity index (χ1v) is 8.03. The van der Waals surface area contributed by atoms with E-state index in [0.717, 1.165) is 0 Å². The Hall–Kier alpha value is -2.07. The molecule has 26 heavy (non-hydrogen) atoms. The number of aliphatic hydroxyl groups excluding tert-OH is 2. The summed E-state index contributed by atoms with van der Waals surface area (Å²) in [5.74, 6) is 0.173. The molecule has 1 aromatic rings. The van der Waals surface area contributed by atoms with Gasteiger partial charge in [-0.05, 0) is 6.07 Å². The number of methoxy groups -OCH3 is 4. The Labute approximate surface area is 150 Å². The summed E-state index contributed by atoms with van der Waals surface area (Å²) in [4.78, 5) is 12.5. The average Bonchev–Trinajstić information content (AvgIpc) is 2.66. The molecule has 5 unspecified atom stereocenters. The molecule has 2 heterocycles. The molecule has 1 fully saturated rings. The third kappa shape index (κ3) is 2.67. The molecule has 0 saturated carbocycles. The highest BCUT2D eigenvalue weighted by Crippen LogP contribution is 2.50. The summed E-state index contributed by atoms with van der Waals surface area (Å²) >= 11 is 0. The number of ether oxygens (including phenoxy) is 6. The first-order valence-electron chi connectivity index (χ1n) is 8.03. The van der Waals surface area contributed by atoms with Crippen LogP contribution in [0.5, 0.6) is 17.2 Å². The molecular weight excluding hydrogens is 348 g/mol. The third-order valence-corrected chi connectivity index (χ3v) is 4.73. The molecule has 0 spiro atoms. The molecule has 0 amide bonds. The Balaban J connectivity index is 2.18. The first kappa shape index (κ1) is 18.7. The zero-order chi connectivity index (χ0) is 19.0. The monoisotopic (exact) mass is 370 g/mol. The van der Waals surface area contributed by atoms with E-state index in [1.54, 1.807) is 0 Å². The van der Waals surface area contributed by atoms with Crippen molar-refractivity contribution in [2.24, 2.45) is 0 Å². The zero-order valence-electron chi connectivity index (χ0n) is 14.9. The molecule has 144 valence electrons. The second kappa shape index (κ2) is 7.28. The van der Waals surface area contributed by atoms with Crippen LogP contribution in [0.15, 0.2) is 6.07 Å². The van der Waals surface area contributed by atoms with Crippen molar-refractivity contribution in [2.75, 3.05) is 35.0 Å². The predicted molar refractivity (Wildman–Crippen MR) is 86.8 cm³/mol. The van der Waals surface area contributed by atoms with E-state index in [0.29, 0.717) is 11.3 Å². The maximum Gasteiger partial charge on any atom is 0.339 e. The Morgan fingerprint density at radius 1 is 1.12 bits per heavy atom. The lowest BCUT2D eigenvalue weighted by Crippen LogP contribution is -2.58. The predicted octanol–water partition coefficient (Wildman–Crippen LogP) is 0.0595. The van der Waals surface area contributed by atoms with Gasteiger partial charge >= 0.3 is 5.97 Å². The molecule has 0 aliphatic carbocycles. The second-order valence-electron chi connectivity index (χ2n) is 5.95. The van der Waals surface area contributed by atoms with E-state index in [9.17, 15) is 15.0 Å². The molecule has 0 bridgehead atoms. The number of benzene rings is 1. The van der Waals surface area contributed by atoms with Gasteiger partial charge in [-0.1, -0.05) is 0 Å². The van der Waals surface area contributed by atoms with Gasteiger partial charge in [-0.3, -0.25) is 0 Å². The number of hydrogen-bond donors (Lipinski definition) is 2. The van der Waals surface area contributed by atoms with Crippen LogP contribution < -0.4 is 14.2 Å². The van der Waals surface area contributed by atoms with E-state index < -0.39 is 36.5 Å². The summed E-state index contributed by atoms with van der Waals surface area (Å²) in [6.07, 6.45) is -4.72. The molecule has 1 aromatic carbocycles. The molecule has 5 atom stereocenters. The average molecular weight is 370 g/mol. The summed E-state index contributed by atoms with van der Waals surface area (Å²) < 4.78 is 32.6. The molecule has 0 radical (unpaired) electrons. The molecule has 0 aromatic heterocycles. The minimum atomic E-state index is -1.19. The van der Waals surface area contributed by atoms with Gasteiger partial charge in [0.1, 0.15) is 24.4 Å². The lowest BCUT2D eigenvalue weighted by atomic mass is 9.86. The number of rotatable bonds is 5. The van der Waals surface area contributed by atoms with Gasteiger partial charge in [0.15, 0.2) is 17.6 Å². The van der Waals surface area contributed by atoms with Crippen molar-refractivity contribution in [1.29, 1.82) is 0 Å². The van der Waals surface area contributed by atoms with Gasteiger partial charge in [0, 0.05) is 12.7 Å². The standard InChI is InChI=1S/C17H22O9/c1-21-8-5-7-10(14(24-4)13(8)23-3)15-16(26-17(7)20)11(19)12(22-2)9(6-18)25-15/h5,9,11-12,15-16,18-19H,6H2,1-4H3. The quantitative estimate of drug-likeness (QED) is 0.695. The Kier molecular flexibility index (Phi) is 5.24. The van der Waals surface area contributed by atoms with E-state index in [1.165, 1.54) is 34.5 Å². The summed E-state index contributed by atoms with van der Waals surface area (Å²) in [6.45, 7) is -0.377.